The monoisotopic (exact) mass is 221 g/mol. The highest BCUT2D eigenvalue weighted by Gasteiger charge is 2.45. The van der Waals surface area contributed by atoms with Crippen LogP contribution in [0.4, 0.5) is 5.82 Å². The van der Waals surface area contributed by atoms with Gasteiger partial charge in [-0.3, -0.25) is 9.78 Å². The predicted octanol–water partition coefficient (Wildman–Crippen LogP) is 1.53. The molecule has 5 heteroatoms. The second kappa shape index (κ2) is 4.08. The first kappa shape index (κ1) is 10.9. The molecule has 2 unspecified atom stereocenters. The summed E-state index contributed by atoms with van der Waals surface area (Å²) in [5, 5.41) is 12.4. The fourth-order valence-corrected chi connectivity index (χ4v) is 2.21. The summed E-state index contributed by atoms with van der Waals surface area (Å²) in [5.74, 6) is -0.103. The number of anilines is 1. The van der Waals surface area contributed by atoms with Crippen molar-refractivity contribution in [2.75, 3.05) is 5.32 Å². The van der Waals surface area contributed by atoms with Crippen LogP contribution < -0.4 is 5.32 Å². The molecule has 0 spiro atoms. The topological polar surface area (TPSA) is 75.1 Å². The highest BCUT2D eigenvalue weighted by atomic mass is 16.4. The average molecular weight is 221 g/mol. The minimum atomic E-state index is -0.744. The van der Waals surface area contributed by atoms with E-state index in [-0.39, 0.29) is 6.04 Å². The number of hydrogen-bond donors (Lipinski definition) is 2. The Balaban J connectivity index is 2.13. The van der Waals surface area contributed by atoms with Gasteiger partial charge in [0, 0.05) is 18.4 Å². The number of aliphatic carboxylic acids is 1. The van der Waals surface area contributed by atoms with E-state index in [2.05, 4.69) is 15.3 Å². The van der Waals surface area contributed by atoms with E-state index in [1.807, 2.05) is 0 Å². The zero-order valence-corrected chi connectivity index (χ0v) is 9.18. The van der Waals surface area contributed by atoms with Crippen LogP contribution in [0.2, 0.25) is 0 Å². The van der Waals surface area contributed by atoms with E-state index >= 15 is 0 Å². The molecule has 0 saturated heterocycles. The maximum Gasteiger partial charge on any atom is 0.311 e. The molecule has 1 heterocycles. The Labute approximate surface area is 93.9 Å². The molecule has 0 amide bonds. The fourth-order valence-electron chi connectivity index (χ4n) is 2.21. The number of carboxylic acid groups (broad SMARTS) is 1. The Morgan fingerprint density at radius 2 is 2.44 bits per heavy atom. The summed E-state index contributed by atoms with van der Waals surface area (Å²) in [6.45, 7) is 1.79. The van der Waals surface area contributed by atoms with Crippen molar-refractivity contribution in [3.8, 4) is 0 Å². The standard InChI is InChI=1S/C11H15N3O2/c1-11(10(15)16)4-2-3-8(11)14-9-7-12-5-6-13-9/h5-8H,2-4H2,1H3,(H,13,14)(H,15,16). The largest absolute Gasteiger partial charge is 0.481 e. The number of aromatic nitrogens is 2. The normalized spacial score (nSPS) is 28.9. The first-order chi connectivity index (χ1) is 7.63. The van der Waals surface area contributed by atoms with Crippen LogP contribution in [0.15, 0.2) is 18.6 Å². The quantitative estimate of drug-likeness (QED) is 0.809. The van der Waals surface area contributed by atoms with Crippen LogP contribution in [-0.2, 0) is 4.79 Å². The first-order valence-corrected chi connectivity index (χ1v) is 5.39. The second-order valence-electron chi connectivity index (χ2n) is 4.40. The molecular weight excluding hydrogens is 206 g/mol. The molecule has 2 rings (SSSR count). The molecule has 1 fully saturated rings. The van der Waals surface area contributed by atoms with E-state index in [0.717, 1.165) is 12.8 Å². The molecule has 86 valence electrons. The highest BCUT2D eigenvalue weighted by Crippen LogP contribution is 2.39. The van der Waals surface area contributed by atoms with Crippen LogP contribution >= 0.6 is 0 Å². The summed E-state index contributed by atoms with van der Waals surface area (Å²) in [6.07, 6.45) is 7.30. The van der Waals surface area contributed by atoms with Gasteiger partial charge in [0.05, 0.1) is 11.6 Å². The van der Waals surface area contributed by atoms with Gasteiger partial charge < -0.3 is 10.4 Å². The number of rotatable bonds is 3. The zero-order valence-electron chi connectivity index (χ0n) is 9.18. The van der Waals surface area contributed by atoms with E-state index in [4.69, 9.17) is 0 Å². The molecule has 0 radical (unpaired) electrons. The molecule has 0 aliphatic heterocycles. The van der Waals surface area contributed by atoms with Crippen LogP contribution in [0.3, 0.4) is 0 Å². The summed E-state index contributed by atoms with van der Waals surface area (Å²) >= 11 is 0. The minimum absolute atomic E-state index is 0.0679. The lowest BCUT2D eigenvalue weighted by Gasteiger charge is -2.27. The van der Waals surface area contributed by atoms with Crippen LogP contribution in [-0.4, -0.2) is 27.1 Å². The molecule has 1 saturated carbocycles. The number of carboxylic acids is 1. The lowest BCUT2D eigenvalue weighted by Crippen LogP contribution is -2.40. The molecule has 0 bridgehead atoms. The Hall–Kier alpha value is -1.65. The lowest BCUT2D eigenvalue weighted by atomic mass is 9.85. The van der Waals surface area contributed by atoms with Crippen LogP contribution in [0.1, 0.15) is 26.2 Å². The SMILES string of the molecule is CC1(C(=O)O)CCCC1Nc1cnccn1. The van der Waals surface area contributed by atoms with Crippen LogP contribution in [0.5, 0.6) is 0 Å². The third kappa shape index (κ3) is 1.85. The van der Waals surface area contributed by atoms with Crippen molar-refractivity contribution >= 4 is 11.8 Å². The minimum Gasteiger partial charge on any atom is -0.481 e. The fraction of sp³-hybridized carbons (Fsp3) is 0.545. The van der Waals surface area contributed by atoms with Gasteiger partial charge >= 0.3 is 5.97 Å². The van der Waals surface area contributed by atoms with Crippen molar-refractivity contribution in [2.24, 2.45) is 5.41 Å². The maximum atomic E-state index is 11.2. The van der Waals surface area contributed by atoms with Gasteiger partial charge in [0.1, 0.15) is 5.82 Å². The molecule has 2 N–H and O–H groups in total. The van der Waals surface area contributed by atoms with Crippen molar-refractivity contribution < 1.29 is 9.90 Å². The van der Waals surface area contributed by atoms with Crippen molar-refractivity contribution in [3.63, 3.8) is 0 Å². The van der Waals surface area contributed by atoms with E-state index in [0.29, 0.717) is 12.2 Å². The molecule has 1 aliphatic carbocycles. The smallest absolute Gasteiger partial charge is 0.311 e. The van der Waals surface area contributed by atoms with Gasteiger partial charge in [-0.1, -0.05) is 6.42 Å². The van der Waals surface area contributed by atoms with Crippen LogP contribution in [0, 0.1) is 5.41 Å². The first-order valence-electron chi connectivity index (χ1n) is 5.39. The molecular formula is C11H15N3O2. The summed E-state index contributed by atoms with van der Waals surface area (Å²) in [7, 11) is 0. The molecule has 1 aromatic rings. The van der Waals surface area contributed by atoms with Gasteiger partial charge in [-0.2, -0.15) is 0 Å². The molecule has 5 nitrogen and oxygen atoms in total. The van der Waals surface area contributed by atoms with Gasteiger partial charge in [-0.25, -0.2) is 4.98 Å². The van der Waals surface area contributed by atoms with E-state index < -0.39 is 11.4 Å². The van der Waals surface area contributed by atoms with Crippen molar-refractivity contribution in [1.82, 2.24) is 9.97 Å². The average Bonchev–Trinajstić information content (AvgIpc) is 2.63. The molecule has 1 aromatic heterocycles. The Bertz CT molecular complexity index is 382. The van der Waals surface area contributed by atoms with Gasteiger partial charge in [-0.05, 0) is 19.8 Å². The number of hydrogen-bond acceptors (Lipinski definition) is 4. The van der Waals surface area contributed by atoms with Crippen LogP contribution in [0.25, 0.3) is 0 Å². The predicted molar refractivity (Wildman–Crippen MR) is 59.0 cm³/mol. The number of nitrogens with zero attached hydrogens (tertiary/aromatic N) is 2. The summed E-state index contributed by atoms with van der Waals surface area (Å²) in [4.78, 5) is 19.3. The third-order valence-electron chi connectivity index (χ3n) is 3.33. The highest BCUT2D eigenvalue weighted by molar-refractivity contribution is 5.76. The van der Waals surface area contributed by atoms with Gasteiger partial charge in [0.25, 0.3) is 0 Å². The van der Waals surface area contributed by atoms with Gasteiger partial charge in [0.2, 0.25) is 0 Å². The molecule has 2 atom stereocenters. The number of nitrogens with one attached hydrogen (secondary N) is 1. The summed E-state index contributed by atoms with van der Waals surface area (Å²) in [6, 6.07) is -0.0679. The second-order valence-corrected chi connectivity index (χ2v) is 4.40. The lowest BCUT2D eigenvalue weighted by molar-refractivity contribution is -0.147. The van der Waals surface area contributed by atoms with Gasteiger partial charge in [0.15, 0.2) is 0 Å². The Kier molecular flexibility index (Phi) is 2.77. The Morgan fingerprint density at radius 3 is 3.06 bits per heavy atom. The van der Waals surface area contributed by atoms with E-state index in [9.17, 15) is 9.90 Å². The molecule has 0 aromatic carbocycles. The molecule has 16 heavy (non-hydrogen) atoms. The van der Waals surface area contributed by atoms with Crippen molar-refractivity contribution in [3.05, 3.63) is 18.6 Å². The maximum absolute atomic E-state index is 11.2. The summed E-state index contributed by atoms with van der Waals surface area (Å²) < 4.78 is 0. The summed E-state index contributed by atoms with van der Waals surface area (Å²) in [5.41, 5.74) is -0.697. The third-order valence-corrected chi connectivity index (χ3v) is 3.33. The Morgan fingerprint density at radius 1 is 1.62 bits per heavy atom. The van der Waals surface area contributed by atoms with Crippen molar-refractivity contribution in [2.45, 2.75) is 32.2 Å². The van der Waals surface area contributed by atoms with Gasteiger partial charge in [-0.15, -0.1) is 0 Å². The molecule has 1 aliphatic rings. The zero-order chi connectivity index (χ0) is 11.6. The van der Waals surface area contributed by atoms with Crippen molar-refractivity contribution in [1.29, 1.82) is 0 Å². The number of carbonyl (C=O) groups is 1. The van der Waals surface area contributed by atoms with E-state index in [1.54, 1.807) is 25.5 Å². The van der Waals surface area contributed by atoms with E-state index in [1.165, 1.54) is 0 Å².